The van der Waals surface area contributed by atoms with Gasteiger partial charge in [-0.25, -0.2) is 8.42 Å². The second kappa shape index (κ2) is 11.7. The van der Waals surface area contributed by atoms with Crippen LogP contribution in [0, 0.1) is 20.8 Å². The van der Waals surface area contributed by atoms with E-state index < -0.39 is 10.0 Å². The lowest BCUT2D eigenvalue weighted by molar-refractivity contribution is -0.121. The lowest BCUT2D eigenvalue weighted by atomic mass is 10.1. The molecule has 1 heterocycles. The van der Waals surface area contributed by atoms with Crippen LogP contribution in [0.25, 0.3) is 0 Å². The number of rotatable bonds is 10. The van der Waals surface area contributed by atoms with Crippen LogP contribution < -0.4 is 5.32 Å². The number of benzene rings is 2. The van der Waals surface area contributed by atoms with Gasteiger partial charge in [0.2, 0.25) is 15.9 Å². The Morgan fingerprint density at radius 2 is 1.70 bits per heavy atom. The van der Waals surface area contributed by atoms with Crippen molar-refractivity contribution in [2.75, 3.05) is 52.5 Å². The van der Waals surface area contributed by atoms with Crippen molar-refractivity contribution >= 4 is 15.9 Å². The summed E-state index contributed by atoms with van der Waals surface area (Å²) >= 11 is 0. The van der Waals surface area contributed by atoms with Crippen molar-refractivity contribution in [2.24, 2.45) is 0 Å². The predicted octanol–water partition coefficient (Wildman–Crippen LogP) is 2.29. The summed E-state index contributed by atoms with van der Waals surface area (Å²) in [5.41, 5.74) is 3.44. The number of sulfonamides is 1. The third-order valence-electron chi connectivity index (χ3n) is 5.87. The zero-order valence-electron chi connectivity index (χ0n) is 19.8. The van der Waals surface area contributed by atoms with Gasteiger partial charge in [0, 0.05) is 32.7 Å². The van der Waals surface area contributed by atoms with Gasteiger partial charge >= 0.3 is 0 Å². The molecule has 8 heteroatoms. The Hall–Kier alpha value is -2.26. The standard InChI is InChI=1S/C25H35N3O4S/c1-20-17-21(2)25(22(3)18-20)33(30,31)28(11-9-23-7-5-4-6-8-23)19-24(29)26-10-12-27-13-15-32-16-14-27/h4-8,17-18H,9-16,19H2,1-3H3,(H,26,29). The third kappa shape index (κ3) is 7.11. The summed E-state index contributed by atoms with van der Waals surface area (Å²) in [4.78, 5) is 15.3. The summed E-state index contributed by atoms with van der Waals surface area (Å²) in [6.45, 7) is 9.90. The summed E-state index contributed by atoms with van der Waals surface area (Å²) in [5.74, 6) is -0.290. The first kappa shape index (κ1) is 25.4. The highest BCUT2D eigenvalue weighted by Gasteiger charge is 2.29. The minimum absolute atomic E-state index is 0.203. The highest BCUT2D eigenvalue weighted by atomic mass is 32.2. The van der Waals surface area contributed by atoms with Crippen LogP contribution in [0.5, 0.6) is 0 Å². The molecule has 1 amide bonds. The van der Waals surface area contributed by atoms with Crippen molar-refractivity contribution in [3.8, 4) is 0 Å². The van der Waals surface area contributed by atoms with E-state index >= 15 is 0 Å². The van der Waals surface area contributed by atoms with Crippen molar-refractivity contribution < 1.29 is 17.9 Å². The Morgan fingerprint density at radius 1 is 1.06 bits per heavy atom. The average Bonchev–Trinajstić information content (AvgIpc) is 2.77. The summed E-state index contributed by atoms with van der Waals surface area (Å²) in [6, 6.07) is 13.5. The molecule has 180 valence electrons. The monoisotopic (exact) mass is 473 g/mol. The van der Waals surface area contributed by atoms with Gasteiger partial charge in [-0.1, -0.05) is 48.0 Å². The lowest BCUT2D eigenvalue weighted by Crippen LogP contribution is -2.45. The largest absolute Gasteiger partial charge is 0.379 e. The van der Waals surface area contributed by atoms with Gasteiger partial charge in [-0.05, 0) is 43.9 Å². The summed E-state index contributed by atoms with van der Waals surface area (Å²) in [6.07, 6.45) is 0.533. The van der Waals surface area contributed by atoms with Gasteiger partial charge in [0.05, 0.1) is 24.7 Å². The highest BCUT2D eigenvalue weighted by molar-refractivity contribution is 7.89. The molecule has 7 nitrogen and oxygen atoms in total. The molecule has 1 saturated heterocycles. The fourth-order valence-electron chi connectivity index (χ4n) is 4.28. The molecule has 0 aromatic heterocycles. The maximum absolute atomic E-state index is 13.7. The van der Waals surface area contributed by atoms with Gasteiger partial charge in [0.15, 0.2) is 0 Å². The highest BCUT2D eigenvalue weighted by Crippen LogP contribution is 2.25. The Labute approximate surface area is 197 Å². The number of hydrogen-bond acceptors (Lipinski definition) is 5. The molecular formula is C25H35N3O4S. The van der Waals surface area contributed by atoms with Crippen LogP contribution in [0.3, 0.4) is 0 Å². The van der Waals surface area contributed by atoms with E-state index in [0.717, 1.165) is 30.8 Å². The van der Waals surface area contributed by atoms with E-state index in [1.54, 1.807) is 0 Å². The molecular weight excluding hydrogens is 438 g/mol. The van der Waals surface area contributed by atoms with Crippen molar-refractivity contribution in [3.05, 3.63) is 64.7 Å². The number of nitrogens with one attached hydrogen (secondary N) is 1. The first-order chi connectivity index (χ1) is 15.8. The third-order valence-corrected chi connectivity index (χ3v) is 8.02. The Bertz CT molecular complexity index is 1010. The minimum atomic E-state index is -3.84. The van der Waals surface area contributed by atoms with E-state index in [4.69, 9.17) is 4.74 Å². The fraction of sp³-hybridized carbons (Fsp3) is 0.480. The average molecular weight is 474 g/mol. The van der Waals surface area contributed by atoms with Gasteiger partial charge in [0.1, 0.15) is 0 Å². The number of aryl methyl sites for hydroxylation is 3. The number of morpholine rings is 1. The molecule has 2 aromatic carbocycles. The Kier molecular flexibility index (Phi) is 9.02. The summed E-state index contributed by atoms with van der Waals surface area (Å²) < 4.78 is 34.0. The Morgan fingerprint density at radius 3 is 2.33 bits per heavy atom. The molecule has 0 saturated carbocycles. The zero-order chi connectivity index (χ0) is 23.8. The van der Waals surface area contributed by atoms with E-state index in [1.807, 2.05) is 63.2 Å². The van der Waals surface area contributed by atoms with E-state index in [0.29, 0.717) is 42.2 Å². The normalized spacial score (nSPS) is 15.0. The molecule has 1 N–H and O–H groups in total. The maximum atomic E-state index is 13.7. The van der Waals surface area contributed by atoms with E-state index in [-0.39, 0.29) is 19.0 Å². The van der Waals surface area contributed by atoms with Crippen LogP contribution in [0.4, 0.5) is 0 Å². The van der Waals surface area contributed by atoms with Crippen molar-refractivity contribution in [1.82, 2.24) is 14.5 Å². The molecule has 1 aliphatic rings. The first-order valence-corrected chi connectivity index (χ1v) is 12.9. The fourth-order valence-corrected chi connectivity index (χ4v) is 6.09. The van der Waals surface area contributed by atoms with Crippen LogP contribution in [-0.2, 0) is 26.0 Å². The molecule has 1 fully saturated rings. The number of nitrogens with zero attached hydrogens (tertiary/aromatic N) is 2. The van der Waals surface area contributed by atoms with Gasteiger partial charge in [-0.3, -0.25) is 9.69 Å². The van der Waals surface area contributed by atoms with Crippen LogP contribution in [-0.4, -0.2) is 76.0 Å². The predicted molar refractivity (Wildman–Crippen MR) is 130 cm³/mol. The molecule has 0 bridgehead atoms. The molecule has 0 atom stereocenters. The van der Waals surface area contributed by atoms with Crippen molar-refractivity contribution in [3.63, 3.8) is 0 Å². The van der Waals surface area contributed by atoms with Crippen LogP contribution in [0.2, 0.25) is 0 Å². The Balaban J connectivity index is 1.73. The molecule has 33 heavy (non-hydrogen) atoms. The van der Waals surface area contributed by atoms with Crippen LogP contribution >= 0.6 is 0 Å². The number of carbonyl (C=O) groups is 1. The summed E-state index contributed by atoms with van der Waals surface area (Å²) in [5, 5.41) is 2.89. The number of ether oxygens (including phenoxy) is 1. The topological polar surface area (TPSA) is 79.0 Å². The molecule has 0 aliphatic carbocycles. The van der Waals surface area contributed by atoms with Gasteiger partial charge in [-0.2, -0.15) is 4.31 Å². The van der Waals surface area contributed by atoms with Crippen LogP contribution in [0.15, 0.2) is 47.4 Å². The smallest absolute Gasteiger partial charge is 0.244 e. The summed E-state index contributed by atoms with van der Waals surface area (Å²) in [7, 11) is -3.84. The van der Waals surface area contributed by atoms with E-state index in [9.17, 15) is 13.2 Å². The second-order valence-electron chi connectivity index (χ2n) is 8.61. The van der Waals surface area contributed by atoms with Crippen molar-refractivity contribution in [2.45, 2.75) is 32.1 Å². The number of hydrogen-bond donors (Lipinski definition) is 1. The molecule has 3 rings (SSSR count). The van der Waals surface area contributed by atoms with Gasteiger partial charge in [-0.15, -0.1) is 0 Å². The number of amides is 1. The first-order valence-electron chi connectivity index (χ1n) is 11.5. The minimum Gasteiger partial charge on any atom is -0.379 e. The van der Waals surface area contributed by atoms with Gasteiger partial charge in [0.25, 0.3) is 0 Å². The molecule has 0 spiro atoms. The quantitative estimate of drug-likeness (QED) is 0.573. The van der Waals surface area contributed by atoms with E-state index in [2.05, 4.69) is 10.2 Å². The number of carbonyl (C=O) groups excluding carboxylic acids is 1. The van der Waals surface area contributed by atoms with E-state index in [1.165, 1.54) is 4.31 Å². The SMILES string of the molecule is Cc1cc(C)c(S(=O)(=O)N(CCc2ccccc2)CC(=O)NCCN2CCOCC2)c(C)c1. The zero-order valence-corrected chi connectivity index (χ0v) is 20.7. The molecule has 1 aliphatic heterocycles. The molecule has 0 unspecified atom stereocenters. The lowest BCUT2D eigenvalue weighted by Gasteiger charge is -2.27. The van der Waals surface area contributed by atoms with Crippen LogP contribution in [0.1, 0.15) is 22.3 Å². The second-order valence-corrected chi connectivity index (χ2v) is 10.5. The van der Waals surface area contributed by atoms with Gasteiger partial charge < -0.3 is 10.1 Å². The van der Waals surface area contributed by atoms with Crippen molar-refractivity contribution in [1.29, 1.82) is 0 Å². The maximum Gasteiger partial charge on any atom is 0.244 e. The molecule has 0 radical (unpaired) electrons. The molecule has 2 aromatic rings.